The molecule has 5 heteroatoms. The fourth-order valence-corrected chi connectivity index (χ4v) is 8.97. The average Bonchev–Trinajstić information content (AvgIpc) is 3.68. The van der Waals surface area contributed by atoms with Crippen LogP contribution < -0.4 is 4.74 Å². The summed E-state index contributed by atoms with van der Waals surface area (Å²) in [7, 11) is 0. The van der Waals surface area contributed by atoms with Crippen molar-refractivity contribution >= 4 is 27.8 Å². The Kier molecular flexibility index (Phi) is 9.49. The van der Waals surface area contributed by atoms with Crippen molar-refractivity contribution in [3.8, 4) is 28.3 Å². The Bertz CT molecular complexity index is 2530. The second-order valence-corrected chi connectivity index (χ2v) is 20.3. The summed E-state index contributed by atoms with van der Waals surface area (Å²) < 4.78 is 16.3. The van der Waals surface area contributed by atoms with Crippen molar-refractivity contribution in [3.05, 3.63) is 119 Å². The highest BCUT2D eigenvalue weighted by atomic mass is 16.5. The van der Waals surface area contributed by atoms with Crippen molar-refractivity contribution in [2.24, 2.45) is 4.99 Å². The Morgan fingerprint density at radius 2 is 1.47 bits per heavy atom. The van der Waals surface area contributed by atoms with Crippen LogP contribution in [0, 0.1) is 0 Å². The van der Waals surface area contributed by atoms with E-state index in [1.807, 2.05) is 12.3 Å². The first-order chi connectivity index (χ1) is 26.8. The van der Waals surface area contributed by atoms with Gasteiger partial charge in [0.15, 0.2) is 0 Å². The zero-order valence-corrected chi connectivity index (χ0v) is 36.3. The van der Waals surface area contributed by atoms with Gasteiger partial charge in [-0.1, -0.05) is 107 Å². The quantitative estimate of drug-likeness (QED) is 0.170. The number of hydrogen-bond acceptors (Lipinski definition) is 4. The summed E-state index contributed by atoms with van der Waals surface area (Å²) in [6, 6.07) is 31.4. The molecule has 2 aromatic heterocycles. The third kappa shape index (κ3) is 7.28. The van der Waals surface area contributed by atoms with E-state index in [0.29, 0.717) is 5.92 Å². The minimum atomic E-state index is -0.267. The Morgan fingerprint density at radius 1 is 0.737 bits per heavy atom. The lowest BCUT2D eigenvalue weighted by molar-refractivity contribution is 0.0446. The standard InChI is InChI=1S/C52H61N3O2/c1-32(2)40-17-15-19-43(51(9,10)11)46(40)33-25-34(48-54-45-20-13-14-23-52(45,12)57-48)27-38(26-33)56-39-29-36(50(6,7)8)28-37(31-39)55-44-22-21-35(49(3,4)5)30-42(44)41-18-16-24-53-47(41)55/h15-19,21-22,24-32,45H,13-14,20,23H2,1-12H3/t45-,52+/m1/s1. The summed E-state index contributed by atoms with van der Waals surface area (Å²) >= 11 is 0. The van der Waals surface area contributed by atoms with Crippen LogP contribution in [-0.2, 0) is 21.0 Å². The smallest absolute Gasteiger partial charge is 0.217 e. The molecular formula is C52H61N3O2. The number of aromatic nitrogens is 2. The van der Waals surface area contributed by atoms with Gasteiger partial charge in [-0.15, -0.1) is 0 Å². The van der Waals surface area contributed by atoms with Crippen LogP contribution in [0.2, 0.25) is 0 Å². The van der Waals surface area contributed by atoms with Gasteiger partial charge in [0, 0.05) is 28.6 Å². The van der Waals surface area contributed by atoms with Crippen molar-refractivity contribution in [2.75, 3.05) is 0 Å². The van der Waals surface area contributed by atoms with Crippen LogP contribution in [0.5, 0.6) is 11.5 Å². The molecular weight excluding hydrogens is 699 g/mol. The molecule has 1 fully saturated rings. The van der Waals surface area contributed by atoms with E-state index < -0.39 is 0 Å². The van der Waals surface area contributed by atoms with E-state index in [9.17, 15) is 0 Å². The van der Waals surface area contributed by atoms with Gasteiger partial charge in [0.25, 0.3) is 0 Å². The molecule has 1 aliphatic carbocycles. The molecule has 3 heterocycles. The maximum atomic E-state index is 7.13. The van der Waals surface area contributed by atoms with Crippen LogP contribution in [0.15, 0.2) is 96.1 Å². The van der Waals surface area contributed by atoms with Crippen LogP contribution in [0.3, 0.4) is 0 Å². The first kappa shape index (κ1) is 38.9. The summed E-state index contributed by atoms with van der Waals surface area (Å²) in [6.07, 6.45) is 6.34. The summed E-state index contributed by atoms with van der Waals surface area (Å²) in [5, 5.41) is 2.35. The van der Waals surface area contributed by atoms with Crippen LogP contribution in [0.1, 0.15) is 143 Å². The lowest BCUT2D eigenvalue weighted by Gasteiger charge is -2.33. The van der Waals surface area contributed by atoms with Crippen LogP contribution in [0.4, 0.5) is 0 Å². The molecule has 0 unspecified atom stereocenters. The molecule has 6 aromatic rings. The molecule has 1 saturated carbocycles. The number of benzene rings is 4. The van der Waals surface area contributed by atoms with E-state index in [1.165, 1.54) is 46.0 Å². The summed E-state index contributed by atoms with van der Waals surface area (Å²) in [4.78, 5) is 10.2. The number of nitrogens with zero attached hydrogens (tertiary/aromatic N) is 3. The van der Waals surface area contributed by atoms with Gasteiger partial charge in [-0.25, -0.2) is 9.98 Å². The minimum absolute atomic E-state index is 0.0273. The van der Waals surface area contributed by atoms with E-state index in [1.54, 1.807) is 0 Å². The zero-order chi connectivity index (χ0) is 40.7. The molecule has 2 aliphatic rings. The molecule has 8 rings (SSSR count). The molecule has 0 saturated heterocycles. The fraction of sp³-hybridized carbons (Fsp3) is 0.423. The Morgan fingerprint density at radius 3 is 2.18 bits per heavy atom. The van der Waals surface area contributed by atoms with Crippen molar-refractivity contribution in [3.63, 3.8) is 0 Å². The largest absolute Gasteiger partial charge is 0.469 e. The van der Waals surface area contributed by atoms with E-state index in [0.717, 1.165) is 63.6 Å². The fourth-order valence-electron chi connectivity index (χ4n) is 8.97. The number of hydrogen-bond donors (Lipinski definition) is 0. The Balaban J connectivity index is 1.32. The SMILES string of the molecule is CC(C)c1cccc(C(C)(C)C)c1-c1cc(Oc2cc(-n3c4ccc(C(C)(C)C)cc4c4cccnc43)cc(C(C)(C)C)c2)cc(C2=N[C@@H]3CCCC[C@]3(C)O2)c1. The highest BCUT2D eigenvalue weighted by Crippen LogP contribution is 2.44. The molecule has 0 radical (unpaired) electrons. The van der Waals surface area contributed by atoms with Crippen molar-refractivity contribution < 1.29 is 9.47 Å². The van der Waals surface area contributed by atoms with Gasteiger partial charge in [0.2, 0.25) is 5.90 Å². The molecule has 0 spiro atoms. The van der Waals surface area contributed by atoms with Gasteiger partial charge >= 0.3 is 0 Å². The lowest BCUT2D eigenvalue weighted by atomic mass is 9.78. The van der Waals surface area contributed by atoms with Gasteiger partial charge in [-0.05, 0) is 136 Å². The van der Waals surface area contributed by atoms with E-state index >= 15 is 0 Å². The maximum Gasteiger partial charge on any atom is 0.217 e. The Hall–Kier alpha value is -4.90. The minimum Gasteiger partial charge on any atom is -0.469 e. The molecule has 0 N–H and O–H groups in total. The highest BCUT2D eigenvalue weighted by Gasteiger charge is 2.44. The lowest BCUT2D eigenvalue weighted by Crippen LogP contribution is -2.39. The molecule has 0 amide bonds. The predicted octanol–water partition coefficient (Wildman–Crippen LogP) is 14.1. The molecule has 4 aromatic carbocycles. The number of aliphatic imine (C=N–C) groups is 1. The number of pyridine rings is 1. The molecule has 2 atom stereocenters. The first-order valence-electron chi connectivity index (χ1n) is 21.1. The van der Waals surface area contributed by atoms with Crippen molar-refractivity contribution in [2.45, 2.75) is 143 Å². The topological polar surface area (TPSA) is 48.6 Å². The number of ether oxygens (including phenoxy) is 2. The van der Waals surface area contributed by atoms with Crippen LogP contribution in [-0.4, -0.2) is 27.1 Å². The van der Waals surface area contributed by atoms with Gasteiger partial charge < -0.3 is 9.47 Å². The predicted molar refractivity (Wildman–Crippen MR) is 239 cm³/mol. The molecule has 5 nitrogen and oxygen atoms in total. The summed E-state index contributed by atoms with van der Waals surface area (Å²) in [5.41, 5.74) is 11.1. The van der Waals surface area contributed by atoms with E-state index in [-0.39, 0.29) is 27.9 Å². The third-order valence-corrected chi connectivity index (χ3v) is 12.3. The van der Waals surface area contributed by atoms with E-state index in [4.69, 9.17) is 19.5 Å². The van der Waals surface area contributed by atoms with Gasteiger partial charge in [0.1, 0.15) is 22.7 Å². The monoisotopic (exact) mass is 759 g/mol. The summed E-state index contributed by atoms with van der Waals surface area (Å²) in [5.74, 6) is 2.60. The molecule has 57 heavy (non-hydrogen) atoms. The molecule has 1 aliphatic heterocycles. The van der Waals surface area contributed by atoms with Gasteiger partial charge in [-0.3, -0.25) is 4.57 Å². The number of rotatable bonds is 6. The van der Waals surface area contributed by atoms with Gasteiger partial charge in [-0.2, -0.15) is 0 Å². The first-order valence-corrected chi connectivity index (χ1v) is 21.1. The zero-order valence-electron chi connectivity index (χ0n) is 36.3. The van der Waals surface area contributed by atoms with E-state index in [2.05, 4.69) is 167 Å². The van der Waals surface area contributed by atoms with Crippen LogP contribution >= 0.6 is 0 Å². The van der Waals surface area contributed by atoms with Crippen molar-refractivity contribution in [1.82, 2.24) is 9.55 Å². The highest BCUT2D eigenvalue weighted by molar-refractivity contribution is 6.08. The summed E-state index contributed by atoms with van der Waals surface area (Å²) in [6.45, 7) is 27.3. The second-order valence-electron chi connectivity index (χ2n) is 20.3. The van der Waals surface area contributed by atoms with Crippen molar-refractivity contribution in [1.29, 1.82) is 0 Å². The third-order valence-electron chi connectivity index (χ3n) is 12.3. The average molecular weight is 760 g/mol. The van der Waals surface area contributed by atoms with Crippen LogP contribution in [0.25, 0.3) is 38.8 Å². The molecule has 296 valence electrons. The molecule has 0 bridgehead atoms. The maximum absolute atomic E-state index is 7.13. The van der Waals surface area contributed by atoms with Gasteiger partial charge in [0.05, 0.1) is 17.2 Å². The Labute approximate surface area is 340 Å². The number of fused-ring (bicyclic) bond motifs is 4. The normalized spacial score (nSPS) is 18.9. The second kappa shape index (κ2) is 13.9.